The molecule has 0 amide bonds. The topological polar surface area (TPSA) is 38.4 Å². The highest BCUT2D eigenvalue weighted by molar-refractivity contribution is 14.1. The molecule has 2 aromatic rings. The molecule has 2 aromatic carbocycles. The summed E-state index contributed by atoms with van der Waals surface area (Å²) in [7, 11) is 0. The second-order valence-electron chi connectivity index (χ2n) is 3.46. The lowest BCUT2D eigenvalue weighted by Gasteiger charge is -2.03. The van der Waals surface area contributed by atoms with Gasteiger partial charge in [0.25, 0.3) is 0 Å². The highest BCUT2D eigenvalue weighted by Gasteiger charge is 2.02. The van der Waals surface area contributed by atoms with Crippen LogP contribution in [0.2, 0.25) is 5.02 Å². The monoisotopic (exact) mass is 356 g/mol. The van der Waals surface area contributed by atoms with Crippen LogP contribution < -0.4 is 5.73 Å². The van der Waals surface area contributed by atoms with Crippen LogP contribution in [0.15, 0.2) is 53.5 Å². The van der Waals surface area contributed by atoms with Crippen LogP contribution >= 0.6 is 34.2 Å². The zero-order valence-corrected chi connectivity index (χ0v) is 11.8. The molecule has 2 rings (SSSR count). The van der Waals surface area contributed by atoms with Crippen LogP contribution in [-0.2, 0) is 0 Å². The highest BCUT2D eigenvalue weighted by Crippen LogP contribution is 2.26. The molecule has 0 aromatic heterocycles. The van der Waals surface area contributed by atoms with Crippen molar-refractivity contribution in [3.05, 3.63) is 62.7 Å². The van der Waals surface area contributed by atoms with Gasteiger partial charge in [-0.15, -0.1) is 0 Å². The van der Waals surface area contributed by atoms with Gasteiger partial charge in [0.05, 0.1) is 10.7 Å². The first kappa shape index (κ1) is 12.4. The zero-order chi connectivity index (χ0) is 12.3. The Balaban J connectivity index is 2.39. The van der Waals surface area contributed by atoms with Crippen LogP contribution in [-0.4, -0.2) is 5.84 Å². The van der Waals surface area contributed by atoms with Crippen molar-refractivity contribution in [2.45, 2.75) is 0 Å². The second-order valence-corrected chi connectivity index (χ2v) is 5.11. The van der Waals surface area contributed by atoms with Gasteiger partial charge in [-0.1, -0.05) is 41.9 Å². The zero-order valence-electron chi connectivity index (χ0n) is 8.90. The molecule has 0 saturated heterocycles. The molecule has 0 spiro atoms. The van der Waals surface area contributed by atoms with Crippen molar-refractivity contribution in [3.63, 3.8) is 0 Å². The first-order valence-electron chi connectivity index (χ1n) is 5.01. The summed E-state index contributed by atoms with van der Waals surface area (Å²) < 4.78 is 1.08. The maximum atomic E-state index is 6.06. The van der Waals surface area contributed by atoms with Crippen LogP contribution in [0.25, 0.3) is 0 Å². The van der Waals surface area contributed by atoms with Crippen molar-refractivity contribution in [1.29, 1.82) is 0 Å². The van der Waals surface area contributed by atoms with Crippen LogP contribution in [0.1, 0.15) is 5.56 Å². The molecule has 0 aliphatic rings. The molecular formula is C13H10ClIN2. The van der Waals surface area contributed by atoms with E-state index in [0.29, 0.717) is 16.5 Å². The lowest BCUT2D eigenvalue weighted by Crippen LogP contribution is -2.12. The third-order valence-corrected chi connectivity index (χ3v) is 3.21. The molecule has 0 aliphatic heterocycles. The summed E-state index contributed by atoms with van der Waals surface area (Å²) in [6.45, 7) is 0. The minimum absolute atomic E-state index is 0.467. The summed E-state index contributed by atoms with van der Waals surface area (Å²) in [5.74, 6) is 0.467. The van der Waals surface area contributed by atoms with Gasteiger partial charge in [0.15, 0.2) is 0 Å². The van der Waals surface area contributed by atoms with Gasteiger partial charge in [-0.2, -0.15) is 0 Å². The smallest absolute Gasteiger partial charge is 0.131 e. The lowest BCUT2D eigenvalue weighted by atomic mass is 10.2. The van der Waals surface area contributed by atoms with Gasteiger partial charge >= 0.3 is 0 Å². The molecule has 0 unspecified atom stereocenters. The molecular weight excluding hydrogens is 347 g/mol. The average molecular weight is 357 g/mol. The van der Waals surface area contributed by atoms with E-state index in [0.717, 1.165) is 9.13 Å². The van der Waals surface area contributed by atoms with Gasteiger partial charge in [0, 0.05) is 9.13 Å². The lowest BCUT2D eigenvalue weighted by molar-refractivity contribution is 1.44. The minimum atomic E-state index is 0.467. The molecule has 0 saturated carbocycles. The number of hydrogen-bond acceptors (Lipinski definition) is 1. The van der Waals surface area contributed by atoms with E-state index in [1.54, 1.807) is 0 Å². The molecule has 0 atom stereocenters. The van der Waals surface area contributed by atoms with Crippen LogP contribution in [0.4, 0.5) is 5.69 Å². The Kier molecular flexibility index (Phi) is 4.02. The molecule has 0 fully saturated rings. The highest BCUT2D eigenvalue weighted by atomic mass is 127. The molecule has 0 bridgehead atoms. The van der Waals surface area contributed by atoms with Gasteiger partial charge in [-0.3, -0.25) is 0 Å². The minimum Gasteiger partial charge on any atom is -0.383 e. The van der Waals surface area contributed by atoms with E-state index < -0.39 is 0 Å². The largest absolute Gasteiger partial charge is 0.383 e. The van der Waals surface area contributed by atoms with Crippen molar-refractivity contribution in [1.82, 2.24) is 0 Å². The molecule has 0 radical (unpaired) electrons. The predicted octanol–water partition coefficient (Wildman–Crippen LogP) is 3.98. The second kappa shape index (κ2) is 5.51. The summed E-state index contributed by atoms with van der Waals surface area (Å²) >= 11 is 8.28. The summed E-state index contributed by atoms with van der Waals surface area (Å²) in [4.78, 5) is 4.35. The quantitative estimate of drug-likeness (QED) is 0.493. The standard InChI is InChI=1S/C13H10ClIN2/c14-11-7-6-10(15)8-12(11)17-13(16)9-4-2-1-3-5-9/h1-8H,(H2,16,17). The summed E-state index contributed by atoms with van der Waals surface area (Å²) in [5, 5.41) is 0.601. The number of aliphatic imine (C=N–C) groups is 1. The summed E-state index contributed by atoms with van der Waals surface area (Å²) in [5.41, 5.74) is 7.52. The Morgan fingerprint density at radius 2 is 1.82 bits per heavy atom. The number of nitrogens with zero attached hydrogens (tertiary/aromatic N) is 1. The fraction of sp³-hybridized carbons (Fsp3) is 0. The number of amidine groups is 1. The van der Waals surface area contributed by atoms with Crippen molar-refractivity contribution in [2.75, 3.05) is 0 Å². The molecule has 0 aliphatic carbocycles. The van der Waals surface area contributed by atoms with Gasteiger partial charge < -0.3 is 5.73 Å². The number of hydrogen-bond donors (Lipinski definition) is 1. The first-order valence-corrected chi connectivity index (χ1v) is 6.47. The third kappa shape index (κ3) is 3.20. The van der Waals surface area contributed by atoms with E-state index >= 15 is 0 Å². The Morgan fingerprint density at radius 3 is 2.53 bits per heavy atom. The van der Waals surface area contributed by atoms with E-state index in [2.05, 4.69) is 27.6 Å². The van der Waals surface area contributed by atoms with E-state index in [1.807, 2.05) is 48.5 Å². The number of nitrogens with two attached hydrogens (primary N) is 1. The van der Waals surface area contributed by atoms with Crippen molar-refractivity contribution in [3.8, 4) is 0 Å². The van der Waals surface area contributed by atoms with Gasteiger partial charge in [-0.05, 0) is 40.8 Å². The molecule has 0 heterocycles. The maximum Gasteiger partial charge on any atom is 0.131 e. The van der Waals surface area contributed by atoms with Crippen molar-refractivity contribution in [2.24, 2.45) is 10.7 Å². The molecule has 2 nitrogen and oxygen atoms in total. The van der Waals surface area contributed by atoms with E-state index in [-0.39, 0.29) is 0 Å². The molecule has 4 heteroatoms. The molecule has 2 N–H and O–H groups in total. The molecule has 17 heavy (non-hydrogen) atoms. The number of benzene rings is 2. The average Bonchev–Trinajstić information content (AvgIpc) is 2.35. The van der Waals surface area contributed by atoms with Gasteiger partial charge in [-0.25, -0.2) is 4.99 Å². The maximum absolute atomic E-state index is 6.06. The van der Waals surface area contributed by atoms with Crippen molar-refractivity contribution < 1.29 is 0 Å². The first-order chi connectivity index (χ1) is 8.16. The Labute approximate surface area is 119 Å². The number of rotatable bonds is 2. The molecule has 86 valence electrons. The van der Waals surface area contributed by atoms with E-state index in [4.69, 9.17) is 17.3 Å². The van der Waals surface area contributed by atoms with Crippen LogP contribution in [0.3, 0.4) is 0 Å². The van der Waals surface area contributed by atoms with E-state index in [9.17, 15) is 0 Å². The number of halogens is 2. The van der Waals surface area contributed by atoms with E-state index in [1.165, 1.54) is 0 Å². The van der Waals surface area contributed by atoms with Crippen molar-refractivity contribution >= 4 is 45.7 Å². The predicted molar refractivity (Wildman–Crippen MR) is 81.0 cm³/mol. The van der Waals surface area contributed by atoms with Gasteiger partial charge in [0.1, 0.15) is 5.84 Å². The Bertz CT molecular complexity index is 553. The fourth-order valence-corrected chi connectivity index (χ4v) is 2.01. The SMILES string of the molecule is NC(=Nc1cc(I)ccc1Cl)c1ccccc1. The normalized spacial score (nSPS) is 11.5. The summed E-state index contributed by atoms with van der Waals surface area (Å²) in [6, 6.07) is 15.3. The Morgan fingerprint density at radius 1 is 1.12 bits per heavy atom. The Hall–Kier alpha value is -1.07. The summed E-state index contributed by atoms with van der Waals surface area (Å²) in [6.07, 6.45) is 0. The van der Waals surface area contributed by atoms with Crippen LogP contribution in [0.5, 0.6) is 0 Å². The third-order valence-electron chi connectivity index (χ3n) is 2.22. The van der Waals surface area contributed by atoms with Crippen LogP contribution in [0, 0.1) is 3.57 Å². The van der Waals surface area contributed by atoms with Gasteiger partial charge in [0.2, 0.25) is 0 Å². The fourth-order valence-electron chi connectivity index (χ4n) is 1.37.